The second-order valence-corrected chi connectivity index (χ2v) is 4.98. The van der Waals surface area contributed by atoms with Gasteiger partial charge in [-0.05, 0) is 6.07 Å². The predicted molar refractivity (Wildman–Crippen MR) is 75.5 cm³/mol. The Bertz CT molecular complexity index is 772. The molecule has 0 saturated carbocycles. The zero-order valence-electron chi connectivity index (χ0n) is 11.3. The highest BCUT2D eigenvalue weighted by atomic mass is 16.5. The van der Waals surface area contributed by atoms with Crippen LogP contribution in [0.5, 0.6) is 11.6 Å². The van der Waals surface area contributed by atoms with Gasteiger partial charge in [0.05, 0.1) is 6.34 Å². The van der Waals surface area contributed by atoms with Crippen molar-refractivity contribution in [3.05, 3.63) is 47.9 Å². The van der Waals surface area contributed by atoms with Crippen LogP contribution in [-0.2, 0) is 9.59 Å². The minimum atomic E-state index is -0.959. The highest BCUT2D eigenvalue weighted by Crippen LogP contribution is 2.46. The third-order valence-electron chi connectivity index (χ3n) is 3.78. The van der Waals surface area contributed by atoms with Crippen molar-refractivity contribution in [2.24, 2.45) is 10.9 Å². The SMILES string of the molecule is O=C1N=CNC(=O)C1C1c2ccccc2Oc2ncncc21. The van der Waals surface area contributed by atoms with Crippen LogP contribution < -0.4 is 10.1 Å². The number of carbonyl (C=O) groups excluding carboxylic acids is 2. The number of carbonyl (C=O) groups is 2. The number of fused-ring (bicyclic) bond motifs is 2. The number of amides is 2. The number of aromatic nitrogens is 2. The second-order valence-electron chi connectivity index (χ2n) is 4.98. The van der Waals surface area contributed by atoms with E-state index >= 15 is 0 Å². The minimum absolute atomic E-state index is 0.355. The molecule has 108 valence electrons. The molecule has 0 aliphatic carbocycles. The first-order valence-corrected chi connectivity index (χ1v) is 6.69. The topological polar surface area (TPSA) is 93.5 Å². The third-order valence-corrected chi connectivity index (χ3v) is 3.78. The van der Waals surface area contributed by atoms with Gasteiger partial charge in [-0.25, -0.2) is 15.0 Å². The Morgan fingerprint density at radius 2 is 1.95 bits per heavy atom. The molecule has 1 aromatic carbocycles. The molecule has 1 aromatic heterocycles. The molecular formula is C15H10N4O3. The van der Waals surface area contributed by atoms with Gasteiger partial charge >= 0.3 is 0 Å². The molecule has 3 heterocycles. The molecule has 4 rings (SSSR count). The van der Waals surface area contributed by atoms with Gasteiger partial charge in [0.15, 0.2) is 0 Å². The van der Waals surface area contributed by atoms with Crippen LogP contribution in [0.2, 0.25) is 0 Å². The number of hydrogen-bond acceptors (Lipinski definition) is 5. The largest absolute Gasteiger partial charge is 0.438 e. The van der Waals surface area contributed by atoms with Crippen molar-refractivity contribution in [2.45, 2.75) is 5.92 Å². The number of rotatable bonds is 1. The summed E-state index contributed by atoms with van der Waals surface area (Å²) in [5.74, 6) is -1.43. The smallest absolute Gasteiger partial charge is 0.260 e. The molecule has 7 nitrogen and oxygen atoms in total. The number of aliphatic imine (C=N–C) groups is 1. The molecule has 0 radical (unpaired) electrons. The van der Waals surface area contributed by atoms with Crippen molar-refractivity contribution in [1.29, 1.82) is 0 Å². The zero-order valence-corrected chi connectivity index (χ0v) is 11.3. The lowest BCUT2D eigenvalue weighted by molar-refractivity contribution is -0.133. The molecule has 1 N–H and O–H groups in total. The minimum Gasteiger partial charge on any atom is -0.438 e. The summed E-state index contributed by atoms with van der Waals surface area (Å²) in [7, 11) is 0. The van der Waals surface area contributed by atoms with Gasteiger partial charge in [0.25, 0.3) is 5.91 Å². The summed E-state index contributed by atoms with van der Waals surface area (Å²) in [5.41, 5.74) is 1.35. The molecule has 0 saturated heterocycles. The lowest BCUT2D eigenvalue weighted by Crippen LogP contribution is -2.42. The maximum atomic E-state index is 12.2. The van der Waals surface area contributed by atoms with E-state index in [1.54, 1.807) is 12.3 Å². The fourth-order valence-electron chi connectivity index (χ4n) is 2.82. The second kappa shape index (κ2) is 4.73. The number of ether oxygens (including phenoxy) is 1. The van der Waals surface area contributed by atoms with Gasteiger partial charge in [-0.2, -0.15) is 0 Å². The average Bonchev–Trinajstić information content (AvgIpc) is 2.54. The van der Waals surface area contributed by atoms with E-state index < -0.39 is 23.7 Å². The van der Waals surface area contributed by atoms with Gasteiger partial charge in [-0.1, -0.05) is 18.2 Å². The molecular weight excluding hydrogens is 284 g/mol. The van der Waals surface area contributed by atoms with Crippen molar-refractivity contribution in [1.82, 2.24) is 15.3 Å². The number of para-hydroxylation sites is 1. The van der Waals surface area contributed by atoms with Gasteiger partial charge in [-0.15, -0.1) is 0 Å². The van der Waals surface area contributed by atoms with Crippen LogP contribution in [0, 0.1) is 5.92 Å². The lowest BCUT2D eigenvalue weighted by atomic mass is 9.78. The maximum Gasteiger partial charge on any atom is 0.260 e. The van der Waals surface area contributed by atoms with Gasteiger partial charge in [0.2, 0.25) is 11.8 Å². The van der Waals surface area contributed by atoms with Crippen LogP contribution in [-0.4, -0.2) is 28.1 Å². The lowest BCUT2D eigenvalue weighted by Gasteiger charge is -2.31. The first-order chi connectivity index (χ1) is 10.8. The fraction of sp³-hybridized carbons (Fsp3) is 0.133. The fourth-order valence-corrected chi connectivity index (χ4v) is 2.82. The third kappa shape index (κ3) is 1.79. The number of nitrogens with one attached hydrogen (secondary N) is 1. The van der Waals surface area contributed by atoms with Gasteiger partial charge in [0.1, 0.15) is 18.0 Å². The monoisotopic (exact) mass is 294 g/mol. The summed E-state index contributed by atoms with van der Waals surface area (Å²) < 4.78 is 5.74. The first kappa shape index (κ1) is 12.6. The van der Waals surface area contributed by atoms with Crippen LogP contribution in [0.4, 0.5) is 0 Å². The Labute approximate surface area is 125 Å². The zero-order chi connectivity index (χ0) is 15.1. The highest BCUT2D eigenvalue weighted by Gasteiger charge is 2.43. The van der Waals surface area contributed by atoms with Gasteiger partial charge in [-0.3, -0.25) is 9.59 Å². The molecule has 2 aromatic rings. The number of nitrogens with zero attached hydrogens (tertiary/aromatic N) is 3. The Hall–Kier alpha value is -3.09. The summed E-state index contributed by atoms with van der Waals surface area (Å²) in [4.78, 5) is 36.2. The van der Waals surface area contributed by atoms with Crippen LogP contribution in [0.3, 0.4) is 0 Å². The molecule has 2 atom stereocenters. The molecule has 0 bridgehead atoms. The summed E-state index contributed by atoms with van der Waals surface area (Å²) in [6.45, 7) is 0. The van der Waals surface area contributed by atoms with E-state index in [0.717, 1.165) is 11.9 Å². The normalized spacial score (nSPS) is 22.4. The molecule has 2 aliphatic heterocycles. The maximum absolute atomic E-state index is 12.2. The molecule has 2 aliphatic rings. The van der Waals surface area contributed by atoms with Crippen molar-refractivity contribution in [2.75, 3.05) is 0 Å². The molecule has 0 spiro atoms. The van der Waals surface area contributed by atoms with Crippen LogP contribution in [0.1, 0.15) is 17.0 Å². The van der Waals surface area contributed by atoms with Crippen molar-refractivity contribution >= 4 is 18.2 Å². The molecule has 22 heavy (non-hydrogen) atoms. The van der Waals surface area contributed by atoms with Crippen molar-refractivity contribution < 1.29 is 14.3 Å². The van der Waals surface area contributed by atoms with Crippen molar-refractivity contribution in [3.8, 4) is 11.6 Å². The predicted octanol–water partition coefficient (Wildman–Crippen LogP) is 1.02. The van der Waals surface area contributed by atoms with E-state index in [1.807, 2.05) is 18.2 Å². The quantitative estimate of drug-likeness (QED) is 0.792. The van der Waals surface area contributed by atoms with Gasteiger partial charge in [0, 0.05) is 23.2 Å². The molecule has 0 fully saturated rings. The van der Waals surface area contributed by atoms with E-state index in [-0.39, 0.29) is 0 Å². The highest BCUT2D eigenvalue weighted by molar-refractivity contribution is 6.11. The summed E-state index contributed by atoms with van der Waals surface area (Å²) in [6.07, 6.45) is 4.06. The summed E-state index contributed by atoms with van der Waals surface area (Å²) >= 11 is 0. The Kier molecular flexibility index (Phi) is 2.72. The standard InChI is InChI=1S/C15H10N4O3/c20-13-12(14(21)18-7-17-13)11-8-3-1-2-4-10(8)22-15-9(11)5-16-6-19-15/h1-7,11-12H,(H,17,18,20,21). The van der Waals surface area contributed by atoms with E-state index in [2.05, 4.69) is 20.3 Å². The van der Waals surface area contributed by atoms with Gasteiger partial charge < -0.3 is 10.1 Å². The molecule has 7 heteroatoms. The van der Waals surface area contributed by atoms with Crippen LogP contribution >= 0.6 is 0 Å². The van der Waals surface area contributed by atoms with E-state index in [0.29, 0.717) is 17.2 Å². The van der Waals surface area contributed by atoms with Crippen LogP contribution in [0.25, 0.3) is 0 Å². The van der Waals surface area contributed by atoms with E-state index in [1.165, 1.54) is 6.33 Å². The van der Waals surface area contributed by atoms with Crippen LogP contribution in [0.15, 0.2) is 41.8 Å². The summed E-state index contributed by atoms with van der Waals surface area (Å²) in [6, 6.07) is 7.26. The van der Waals surface area contributed by atoms with E-state index in [4.69, 9.17) is 4.74 Å². The first-order valence-electron chi connectivity index (χ1n) is 6.69. The molecule has 2 unspecified atom stereocenters. The van der Waals surface area contributed by atoms with Crippen molar-refractivity contribution in [3.63, 3.8) is 0 Å². The summed E-state index contributed by atoms with van der Waals surface area (Å²) in [5, 5.41) is 2.49. The Morgan fingerprint density at radius 3 is 2.82 bits per heavy atom. The molecule has 2 amide bonds. The van der Waals surface area contributed by atoms with E-state index in [9.17, 15) is 9.59 Å². The average molecular weight is 294 g/mol. The number of hydrogen-bond donors (Lipinski definition) is 1. The Morgan fingerprint density at radius 1 is 1.09 bits per heavy atom. The Balaban J connectivity index is 1.93. The number of benzene rings is 1.